The lowest BCUT2D eigenvalue weighted by Crippen LogP contribution is -2.44. The molecule has 2 aromatic rings. The second-order valence-electron chi connectivity index (χ2n) is 4.39. The Labute approximate surface area is 117 Å². The molecule has 8 heteroatoms. The van der Waals surface area contributed by atoms with Crippen LogP contribution in [0.2, 0.25) is 0 Å². The van der Waals surface area contributed by atoms with Crippen molar-refractivity contribution in [2.24, 2.45) is 0 Å². The number of nitrogens with zero attached hydrogens (tertiary/aromatic N) is 2. The van der Waals surface area contributed by atoms with Crippen LogP contribution < -0.4 is 10.9 Å². The fourth-order valence-electron chi connectivity index (χ4n) is 1.82. The highest BCUT2D eigenvalue weighted by atomic mass is 32.1. The van der Waals surface area contributed by atoms with Gasteiger partial charge in [0.2, 0.25) is 5.91 Å². The molecule has 0 bridgehead atoms. The number of aliphatic carboxylic acids is 1. The lowest BCUT2D eigenvalue weighted by molar-refractivity contribution is -0.141. The second-order valence-corrected chi connectivity index (χ2v) is 5.27. The van der Waals surface area contributed by atoms with Gasteiger partial charge in [-0.1, -0.05) is 0 Å². The van der Waals surface area contributed by atoms with Crippen molar-refractivity contribution in [1.29, 1.82) is 0 Å². The minimum Gasteiger partial charge on any atom is -0.480 e. The smallest absolute Gasteiger partial charge is 0.328 e. The van der Waals surface area contributed by atoms with Gasteiger partial charge < -0.3 is 10.4 Å². The van der Waals surface area contributed by atoms with E-state index in [2.05, 4.69) is 10.3 Å². The predicted molar refractivity (Wildman–Crippen MR) is 73.9 cm³/mol. The number of carbonyl (C=O) groups is 2. The van der Waals surface area contributed by atoms with Crippen LogP contribution in [-0.4, -0.2) is 32.6 Å². The van der Waals surface area contributed by atoms with Crippen LogP contribution >= 0.6 is 11.3 Å². The van der Waals surface area contributed by atoms with E-state index >= 15 is 0 Å². The number of amides is 1. The molecule has 0 aromatic carbocycles. The summed E-state index contributed by atoms with van der Waals surface area (Å²) in [6, 6.07) is -1.16. The van der Waals surface area contributed by atoms with Gasteiger partial charge in [0.1, 0.15) is 10.7 Å². The molecule has 2 heterocycles. The largest absolute Gasteiger partial charge is 0.480 e. The Morgan fingerprint density at radius 3 is 2.85 bits per heavy atom. The van der Waals surface area contributed by atoms with Gasteiger partial charge in [0.25, 0.3) is 5.56 Å². The third-order valence-electron chi connectivity index (χ3n) is 2.78. The van der Waals surface area contributed by atoms with Crippen LogP contribution in [0, 0.1) is 6.92 Å². The number of thiophene rings is 1. The molecule has 0 radical (unpaired) electrons. The summed E-state index contributed by atoms with van der Waals surface area (Å²) in [7, 11) is 0. The van der Waals surface area contributed by atoms with Gasteiger partial charge in [-0.3, -0.25) is 14.2 Å². The van der Waals surface area contributed by atoms with Crippen LogP contribution in [0.4, 0.5) is 0 Å². The number of aromatic nitrogens is 2. The number of carboxylic acid groups (broad SMARTS) is 1. The minimum absolute atomic E-state index is 0.159. The zero-order valence-electron chi connectivity index (χ0n) is 10.9. The molecule has 0 aliphatic carbocycles. The Bertz CT molecular complexity index is 734. The van der Waals surface area contributed by atoms with Crippen LogP contribution in [0.25, 0.3) is 10.2 Å². The minimum atomic E-state index is -1.20. The van der Waals surface area contributed by atoms with E-state index in [-0.39, 0.29) is 12.1 Å². The molecular weight excluding hydrogens is 282 g/mol. The van der Waals surface area contributed by atoms with E-state index in [1.165, 1.54) is 29.2 Å². The summed E-state index contributed by atoms with van der Waals surface area (Å²) in [5.74, 6) is -1.67. The number of hydrogen-bond acceptors (Lipinski definition) is 5. The number of hydrogen-bond donors (Lipinski definition) is 2. The quantitative estimate of drug-likeness (QED) is 0.848. The predicted octanol–water partition coefficient (Wildman–Crippen LogP) is 0.356. The SMILES string of the molecule is CC(=O)NC(Cn1cnc2c(C)csc2c1=O)C(=O)O. The highest BCUT2D eigenvalue weighted by Crippen LogP contribution is 2.19. The molecule has 1 unspecified atom stereocenters. The zero-order chi connectivity index (χ0) is 14.9. The summed E-state index contributed by atoms with van der Waals surface area (Å²) in [5.41, 5.74) is 1.23. The lowest BCUT2D eigenvalue weighted by atomic mass is 10.3. The number of aryl methyl sites for hydroxylation is 1. The standard InChI is InChI=1S/C12H13N3O4S/c1-6-4-20-10-9(6)13-5-15(11(10)17)3-8(12(18)19)14-7(2)16/h4-5,8H,3H2,1-2H3,(H,14,16)(H,18,19). The first-order valence-corrected chi connectivity index (χ1v) is 6.71. The van der Waals surface area contributed by atoms with Gasteiger partial charge in [-0.25, -0.2) is 9.78 Å². The van der Waals surface area contributed by atoms with E-state index in [1.54, 1.807) is 0 Å². The maximum Gasteiger partial charge on any atom is 0.328 e. The summed E-state index contributed by atoms with van der Waals surface area (Å²) in [5, 5.41) is 13.2. The van der Waals surface area contributed by atoms with E-state index in [4.69, 9.17) is 5.11 Å². The molecule has 20 heavy (non-hydrogen) atoms. The fraction of sp³-hybridized carbons (Fsp3) is 0.333. The van der Waals surface area contributed by atoms with Crippen LogP contribution in [-0.2, 0) is 16.1 Å². The van der Waals surface area contributed by atoms with Crippen molar-refractivity contribution >= 4 is 33.4 Å². The molecule has 0 aliphatic rings. The van der Waals surface area contributed by atoms with Gasteiger partial charge in [-0.15, -0.1) is 11.3 Å². The fourth-order valence-corrected chi connectivity index (χ4v) is 2.77. The molecule has 106 valence electrons. The molecule has 0 fully saturated rings. The first-order chi connectivity index (χ1) is 9.40. The number of carboxylic acids is 1. The summed E-state index contributed by atoms with van der Waals surface area (Å²) in [6.07, 6.45) is 1.31. The van der Waals surface area contributed by atoms with E-state index in [0.717, 1.165) is 5.56 Å². The highest BCUT2D eigenvalue weighted by molar-refractivity contribution is 7.17. The zero-order valence-corrected chi connectivity index (χ0v) is 11.7. The third-order valence-corrected chi connectivity index (χ3v) is 3.85. The number of nitrogens with one attached hydrogen (secondary N) is 1. The first kappa shape index (κ1) is 14.2. The summed E-state index contributed by atoms with van der Waals surface area (Å²) < 4.78 is 1.68. The molecule has 0 saturated carbocycles. The van der Waals surface area contributed by atoms with E-state index in [1.807, 2.05) is 12.3 Å². The topological polar surface area (TPSA) is 101 Å². The molecule has 2 N–H and O–H groups in total. The molecule has 1 atom stereocenters. The van der Waals surface area contributed by atoms with E-state index < -0.39 is 17.9 Å². The number of carbonyl (C=O) groups excluding carboxylic acids is 1. The van der Waals surface area contributed by atoms with Gasteiger partial charge in [-0.2, -0.15) is 0 Å². The van der Waals surface area contributed by atoms with Crippen LogP contribution in [0.1, 0.15) is 12.5 Å². The monoisotopic (exact) mass is 295 g/mol. The van der Waals surface area contributed by atoms with Crippen LogP contribution in [0.5, 0.6) is 0 Å². The maximum absolute atomic E-state index is 12.2. The molecule has 2 aromatic heterocycles. The molecule has 0 saturated heterocycles. The lowest BCUT2D eigenvalue weighted by Gasteiger charge is -2.14. The van der Waals surface area contributed by atoms with Gasteiger partial charge in [0.05, 0.1) is 18.4 Å². The second kappa shape index (κ2) is 5.41. The molecule has 0 aliphatic heterocycles. The van der Waals surface area contributed by atoms with Crippen molar-refractivity contribution in [2.45, 2.75) is 26.4 Å². The highest BCUT2D eigenvalue weighted by Gasteiger charge is 2.20. The van der Waals surface area contributed by atoms with E-state index in [9.17, 15) is 14.4 Å². The average molecular weight is 295 g/mol. The van der Waals surface area contributed by atoms with Crippen molar-refractivity contribution in [3.05, 3.63) is 27.6 Å². The Morgan fingerprint density at radius 1 is 1.55 bits per heavy atom. The van der Waals surface area contributed by atoms with Crippen LogP contribution in [0.3, 0.4) is 0 Å². The number of rotatable bonds is 4. The van der Waals surface area contributed by atoms with Crippen molar-refractivity contribution in [3.8, 4) is 0 Å². The Kier molecular flexibility index (Phi) is 3.84. The van der Waals surface area contributed by atoms with Crippen molar-refractivity contribution < 1.29 is 14.7 Å². The van der Waals surface area contributed by atoms with Crippen molar-refractivity contribution in [3.63, 3.8) is 0 Å². The molecule has 2 rings (SSSR count). The average Bonchev–Trinajstić information content (AvgIpc) is 2.73. The number of fused-ring (bicyclic) bond motifs is 1. The summed E-state index contributed by atoms with van der Waals surface area (Å²) >= 11 is 1.27. The summed E-state index contributed by atoms with van der Waals surface area (Å²) in [6.45, 7) is 2.92. The van der Waals surface area contributed by atoms with Crippen molar-refractivity contribution in [2.75, 3.05) is 0 Å². The van der Waals surface area contributed by atoms with E-state index in [0.29, 0.717) is 10.2 Å². The summed E-state index contributed by atoms with van der Waals surface area (Å²) in [4.78, 5) is 38.4. The maximum atomic E-state index is 12.2. The third kappa shape index (κ3) is 2.69. The molecule has 7 nitrogen and oxygen atoms in total. The molecule has 1 amide bonds. The van der Waals surface area contributed by atoms with Gasteiger partial charge in [-0.05, 0) is 17.9 Å². The Hall–Kier alpha value is -2.22. The molecular formula is C12H13N3O4S. The van der Waals surface area contributed by atoms with Crippen molar-refractivity contribution in [1.82, 2.24) is 14.9 Å². The van der Waals surface area contributed by atoms with Gasteiger partial charge in [0, 0.05) is 6.92 Å². The first-order valence-electron chi connectivity index (χ1n) is 5.83. The normalized spacial score (nSPS) is 12.3. The Morgan fingerprint density at radius 2 is 2.25 bits per heavy atom. The Balaban J connectivity index is 2.37. The molecule has 0 spiro atoms. The van der Waals surface area contributed by atoms with Gasteiger partial charge in [0.15, 0.2) is 0 Å². The van der Waals surface area contributed by atoms with Gasteiger partial charge >= 0.3 is 5.97 Å². The van der Waals surface area contributed by atoms with Crippen LogP contribution in [0.15, 0.2) is 16.5 Å².